The molecule has 308 valence electrons. The summed E-state index contributed by atoms with van der Waals surface area (Å²) in [4.78, 5) is 13.3. The molecule has 7 N–H and O–H groups in total. The van der Waals surface area contributed by atoms with Gasteiger partial charge in [-0.2, -0.15) is 0 Å². The number of aliphatic hydroxyl groups excluding tert-OH is 6. The van der Waals surface area contributed by atoms with Crippen LogP contribution in [0, 0.1) is 45.3 Å². The van der Waals surface area contributed by atoms with Crippen LogP contribution in [0.3, 0.4) is 0 Å². The van der Waals surface area contributed by atoms with E-state index in [2.05, 4.69) is 34.6 Å². The highest BCUT2D eigenvalue weighted by Gasteiger charge is 2.71. The highest BCUT2D eigenvalue weighted by Crippen LogP contribution is 2.76. The van der Waals surface area contributed by atoms with Gasteiger partial charge in [0.15, 0.2) is 18.2 Å². The molecule has 13 heteroatoms. The average molecular weight is 767 g/mol. The summed E-state index contributed by atoms with van der Waals surface area (Å²) in [6.45, 7) is 14.9. The number of rotatable bonds is 7. The van der Waals surface area contributed by atoms with Crippen LogP contribution in [0.5, 0.6) is 0 Å². The summed E-state index contributed by atoms with van der Waals surface area (Å²) in [5.41, 5.74) is -0.797. The van der Waals surface area contributed by atoms with E-state index in [4.69, 9.17) is 23.7 Å². The van der Waals surface area contributed by atoms with Gasteiger partial charge in [0.1, 0.15) is 48.8 Å². The minimum Gasteiger partial charge on any atom is -0.456 e. The van der Waals surface area contributed by atoms with Crippen LogP contribution < -0.4 is 0 Å². The lowest BCUT2D eigenvalue weighted by molar-refractivity contribution is -0.362. The van der Waals surface area contributed by atoms with Crippen LogP contribution in [0.2, 0.25) is 0 Å². The molecule has 0 spiro atoms. The second-order valence-corrected chi connectivity index (χ2v) is 19.7. The van der Waals surface area contributed by atoms with Crippen LogP contribution in [0.1, 0.15) is 106 Å². The number of aliphatic hydroxyl groups is 7. The Bertz CT molecular complexity index is 1430. The van der Waals surface area contributed by atoms with Crippen LogP contribution in [-0.2, 0) is 28.5 Å². The Morgan fingerprint density at radius 2 is 1.50 bits per heavy atom. The minimum atomic E-state index is -1.63. The summed E-state index contributed by atoms with van der Waals surface area (Å²) in [7, 11) is 0. The molecule has 7 rings (SSSR count). The van der Waals surface area contributed by atoms with E-state index in [9.17, 15) is 40.5 Å². The number of ether oxygens (including phenoxy) is 5. The minimum absolute atomic E-state index is 0.00493. The highest BCUT2D eigenvalue weighted by atomic mass is 16.7. The van der Waals surface area contributed by atoms with Gasteiger partial charge in [-0.15, -0.1) is 0 Å². The van der Waals surface area contributed by atoms with E-state index in [1.54, 1.807) is 0 Å². The first-order valence-electron chi connectivity index (χ1n) is 20.4. The van der Waals surface area contributed by atoms with Crippen molar-refractivity contribution in [2.24, 2.45) is 45.3 Å². The summed E-state index contributed by atoms with van der Waals surface area (Å²) >= 11 is 0. The Morgan fingerprint density at radius 1 is 0.796 bits per heavy atom. The van der Waals surface area contributed by atoms with Crippen LogP contribution in [0.4, 0.5) is 0 Å². The van der Waals surface area contributed by atoms with Crippen LogP contribution in [0.15, 0.2) is 11.6 Å². The van der Waals surface area contributed by atoms with Crippen molar-refractivity contribution in [3.05, 3.63) is 11.6 Å². The fourth-order valence-corrected chi connectivity index (χ4v) is 13.5. The lowest BCUT2D eigenvalue weighted by Crippen LogP contribution is -2.66. The number of hydrogen-bond donors (Lipinski definition) is 7. The topological polar surface area (TPSA) is 205 Å². The summed E-state index contributed by atoms with van der Waals surface area (Å²) in [5, 5.41) is 75.2. The van der Waals surface area contributed by atoms with Gasteiger partial charge in [-0.25, -0.2) is 4.79 Å². The molecule has 54 heavy (non-hydrogen) atoms. The fraction of sp³-hybridized carbons (Fsp3) is 0.927. The van der Waals surface area contributed by atoms with Crippen LogP contribution in [-0.4, -0.2) is 128 Å². The van der Waals surface area contributed by atoms with E-state index >= 15 is 0 Å². The van der Waals surface area contributed by atoms with Crippen LogP contribution >= 0.6 is 0 Å². The third-order valence-electron chi connectivity index (χ3n) is 16.5. The number of allylic oxidation sites excluding steroid dienone is 1. The van der Waals surface area contributed by atoms with E-state index in [1.165, 1.54) is 0 Å². The van der Waals surface area contributed by atoms with Crippen molar-refractivity contribution in [2.45, 2.75) is 179 Å². The van der Waals surface area contributed by atoms with Crippen molar-refractivity contribution >= 4 is 5.97 Å². The molecule has 7 aliphatic rings. The third kappa shape index (κ3) is 6.17. The van der Waals surface area contributed by atoms with Gasteiger partial charge in [0, 0.05) is 12.3 Å². The molecular weight excluding hydrogens is 700 g/mol. The normalized spacial score (nSPS) is 54.3. The van der Waals surface area contributed by atoms with E-state index in [-0.39, 0.29) is 58.2 Å². The summed E-state index contributed by atoms with van der Waals surface area (Å²) in [6.07, 6.45) is -3.87. The Balaban J connectivity index is 1.07. The number of fused-ring (bicyclic) bond motifs is 5. The maximum Gasteiger partial charge on any atom is 0.339 e. The number of carbonyl (C=O) groups is 1. The maximum atomic E-state index is 13.3. The van der Waals surface area contributed by atoms with Gasteiger partial charge in [-0.3, -0.25) is 0 Å². The monoisotopic (exact) mass is 766 g/mol. The first-order chi connectivity index (χ1) is 25.2. The molecule has 0 radical (unpaired) electrons. The molecule has 3 heterocycles. The maximum absolute atomic E-state index is 13.3. The van der Waals surface area contributed by atoms with E-state index in [0.717, 1.165) is 50.5 Å². The molecule has 0 bridgehead atoms. The molecule has 19 atom stereocenters. The molecule has 13 nitrogen and oxygen atoms in total. The third-order valence-corrected chi connectivity index (χ3v) is 16.5. The second-order valence-electron chi connectivity index (χ2n) is 19.7. The predicted octanol–water partition coefficient (Wildman–Crippen LogP) is 2.33. The van der Waals surface area contributed by atoms with Gasteiger partial charge >= 0.3 is 5.97 Å². The molecule has 0 aromatic rings. The number of hydrogen-bond acceptors (Lipinski definition) is 13. The molecular formula is C41H66O13. The smallest absolute Gasteiger partial charge is 0.339 e. The summed E-state index contributed by atoms with van der Waals surface area (Å²) < 4.78 is 29.5. The largest absolute Gasteiger partial charge is 0.456 e. The molecule has 0 aromatic carbocycles. The quantitative estimate of drug-likeness (QED) is 0.113. The molecule has 0 aromatic heterocycles. The Hall–Kier alpha value is -1.23. The van der Waals surface area contributed by atoms with Gasteiger partial charge in [-0.05, 0) is 111 Å². The Labute approximate surface area is 319 Å². The van der Waals surface area contributed by atoms with Crippen molar-refractivity contribution in [3.8, 4) is 0 Å². The van der Waals surface area contributed by atoms with Crippen molar-refractivity contribution in [3.63, 3.8) is 0 Å². The number of esters is 1. The molecule has 3 saturated heterocycles. The molecule has 7 fully saturated rings. The average Bonchev–Trinajstić information content (AvgIpc) is 3.60. The van der Waals surface area contributed by atoms with Gasteiger partial charge in [0.05, 0.1) is 19.3 Å². The zero-order valence-electron chi connectivity index (χ0n) is 33.1. The van der Waals surface area contributed by atoms with Gasteiger partial charge in [0.25, 0.3) is 0 Å². The zero-order valence-corrected chi connectivity index (χ0v) is 33.1. The Morgan fingerprint density at radius 3 is 2.19 bits per heavy atom. The summed E-state index contributed by atoms with van der Waals surface area (Å²) in [5.74, 6) is 0.328. The molecule has 4 aliphatic carbocycles. The Kier molecular flexibility index (Phi) is 10.8. The fourth-order valence-electron chi connectivity index (χ4n) is 13.5. The molecule has 3 aliphatic heterocycles. The van der Waals surface area contributed by atoms with Crippen molar-refractivity contribution in [1.82, 2.24) is 0 Å². The summed E-state index contributed by atoms with van der Waals surface area (Å²) in [6, 6.07) is 0. The van der Waals surface area contributed by atoms with Gasteiger partial charge in [0.2, 0.25) is 0 Å². The molecule has 0 unspecified atom stereocenters. The first-order valence-corrected chi connectivity index (χ1v) is 20.4. The molecule has 0 amide bonds. The van der Waals surface area contributed by atoms with Crippen LogP contribution in [0.25, 0.3) is 0 Å². The van der Waals surface area contributed by atoms with Gasteiger partial charge in [-0.1, -0.05) is 40.2 Å². The van der Waals surface area contributed by atoms with Gasteiger partial charge < -0.3 is 59.4 Å². The number of carbonyl (C=O) groups excluding carboxylic acids is 1. The SMILES string of the molecule is CC(C)=C[C@H]1C[C@@](O)([C@H]2CC[C@]3(C)[C@@H]2CC[C@@H]2[C@@]4(C)CC[C@H](O[C@@H]5O[C@H](CO)[C@@H](O)[C@H](O[C@@H]6OC[C@@H](O)[C@H](O)[C@H]6O)[C@H]5O)C(C)(C)[C@@H]4CC[C@]23C)C(=O)O1. The predicted molar refractivity (Wildman–Crippen MR) is 193 cm³/mol. The van der Waals surface area contributed by atoms with E-state index < -0.39 is 73.5 Å². The molecule has 4 saturated carbocycles. The van der Waals surface area contributed by atoms with Crippen molar-refractivity contribution in [1.29, 1.82) is 0 Å². The first kappa shape index (κ1) is 40.9. The lowest BCUT2D eigenvalue weighted by Gasteiger charge is -2.70. The zero-order chi connectivity index (χ0) is 39.3. The standard InChI is InChI=1S/C41H66O13/c1-20(2)16-21-17-41(49,36(48)51-21)23-10-14-39(6)22(23)8-9-27-38(5)13-12-28(37(3,4)26(38)11-15-40(27,39)7)53-35-32(47)33(30(45)25(18-42)52-35)54-34-31(46)29(44)24(43)19-50-34/h16,21-35,42-47,49H,8-15,17-19H2,1-7H3/t21-,22+,23-,24+,25+,26-,27+,28-,29-,30+,31+,32+,33-,34-,35-,38-,39+,40+,41+/m0/s1. The van der Waals surface area contributed by atoms with Crippen molar-refractivity contribution in [2.75, 3.05) is 13.2 Å². The number of cyclic esters (lactones) is 1. The van der Waals surface area contributed by atoms with E-state index in [1.807, 2.05) is 19.9 Å². The van der Waals surface area contributed by atoms with Crippen molar-refractivity contribution < 1.29 is 64.2 Å². The second kappa shape index (κ2) is 14.2. The highest BCUT2D eigenvalue weighted by molar-refractivity contribution is 5.82. The van der Waals surface area contributed by atoms with E-state index in [0.29, 0.717) is 18.8 Å². The lowest BCUT2D eigenvalue weighted by atomic mass is 9.35.